The van der Waals surface area contributed by atoms with Gasteiger partial charge in [0, 0.05) is 12.0 Å². The molecule has 0 radical (unpaired) electrons. The van der Waals surface area contributed by atoms with E-state index in [1.54, 1.807) is 18.2 Å². The standard InChI is InChI=1S/C18H23N3O5S/c1-25-17-10-14(4-7-16(17)26-12-18(19)22)11-21-9-8-13-2-5-15(6-3-13)27(20,23)24/h2-7,10,21H,8-9,11-12H2,1H3,(H2,19,22)(H2,20,23,24)/p+1. The van der Waals surface area contributed by atoms with Crippen LogP contribution in [0, 0.1) is 0 Å². The lowest BCUT2D eigenvalue weighted by Gasteiger charge is -2.11. The van der Waals surface area contributed by atoms with Gasteiger partial charge in [-0.25, -0.2) is 13.6 Å². The molecule has 1 amide bonds. The van der Waals surface area contributed by atoms with Crippen molar-refractivity contribution in [2.45, 2.75) is 17.9 Å². The first-order chi connectivity index (χ1) is 12.8. The summed E-state index contributed by atoms with van der Waals surface area (Å²) in [6, 6.07) is 12.1. The number of ether oxygens (including phenoxy) is 2. The van der Waals surface area contributed by atoms with Crippen molar-refractivity contribution in [3.63, 3.8) is 0 Å². The number of rotatable bonds is 10. The molecule has 2 rings (SSSR count). The normalized spacial score (nSPS) is 11.2. The summed E-state index contributed by atoms with van der Waals surface area (Å²) in [4.78, 5) is 10.9. The largest absolute Gasteiger partial charge is 0.493 e. The van der Waals surface area contributed by atoms with Gasteiger partial charge in [-0.3, -0.25) is 4.79 Å². The Hall–Kier alpha value is -2.62. The van der Waals surface area contributed by atoms with Gasteiger partial charge in [-0.2, -0.15) is 0 Å². The molecule has 2 aromatic carbocycles. The number of primary amides is 1. The minimum absolute atomic E-state index is 0.112. The van der Waals surface area contributed by atoms with Gasteiger partial charge in [-0.15, -0.1) is 0 Å². The van der Waals surface area contributed by atoms with Crippen LogP contribution in [-0.2, 0) is 27.8 Å². The van der Waals surface area contributed by atoms with E-state index in [4.69, 9.17) is 20.3 Å². The lowest BCUT2D eigenvalue weighted by Crippen LogP contribution is -2.83. The zero-order valence-electron chi connectivity index (χ0n) is 15.1. The van der Waals surface area contributed by atoms with Crippen LogP contribution < -0.4 is 25.7 Å². The van der Waals surface area contributed by atoms with E-state index in [2.05, 4.69) is 5.32 Å². The van der Waals surface area contributed by atoms with Crippen LogP contribution in [0.15, 0.2) is 47.4 Å². The maximum atomic E-state index is 11.2. The highest BCUT2D eigenvalue weighted by Crippen LogP contribution is 2.27. The molecule has 0 heterocycles. The summed E-state index contributed by atoms with van der Waals surface area (Å²) < 4.78 is 33.1. The van der Waals surface area contributed by atoms with E-state index in [0.29, 0.717) is 11.5 Å². The fourth-order valence-electron chi connectivity index (χ4n) is 2.49. The van der Waals surface area contributed by atoms with Gasteiger partial charge >= 0.3 is 0 Å². The average Bonchev–Trinajstić information content (AvgIpc) is 2.63. The molecule has 8 nitrogen and oxygen atoms in total. The minimum Gasteiger partial charge on any atom is -0.493 e. The summed E-state index contributed by atoms with van der Waals surface area (Å²) >= 11 is 0. The molecular formula is C18H24N3O5S+. The number of sulfonamides is 1. The minimum atomic E-state index is -3.66. The Morgan fingerprint density at radius 3 is 2.33 bits per heavy atom. The second-order valence-electron chi connectivity index (χ2n) is 5.96. The summed E-state index contributed by atoms with van der Waals surface area (Å²) in [7, 11) is -2.12. The Balaban J connectivity index is 1.85. The Morgan fingerprint density at radius 2 is 1.74 bits per heavy atom. The first-order valence-corrected chi connectivity index (χ1v) is 9.85. The van der Waals surface area contributed by atoms with Crippen molar-refractivity contribution in [2.24, 2.45) is 10.9 Å². The van der Waals surface area contributed by atoms with E-state index in [1.807, 2.05) is 12.1 Å². The third kappa shape index (κ3) is 6.55. The summed E-state index contributed by atoms with van der Waals surface area (Å²) in [5.74, 6) is 0.460. The first kappa shape index (κ1) is 20.7. The highest BCUT2D eigenvalue weighted by Gasteiger charge is 2.09. The number of methoxy groups -OCH3 is 1. The molecule has 0 aromatic heterocycles. The monoisotopic (exact) mass is 394 g/mol. The Morgan fingerprint density at radius 1 is 1.07 bits per heavy atom. The van der Waals surface area contributed by atoms with Gasteiger partial charge in [0.25, 0.3) is 5.91 Å². The molecule has 0 saturated heterocycles. The number of amides is 1. The zero-order valence-corrected chi connectivity index (χ0v) is 15.9. The van der Waals surface area contributed by atoms with E-state index in [-0.39, 0.29) is 11.5 Å². The number of primary sulfonamides is 1. The maximum Gasteiger partial charge on any atom is 0.255 e. The van der Waals surface area contributed by atoms with Crippen molar-refractivity contribution in [1.82, 2.24) is 0 Å². The van der Waals surface area contributed by atoms with Crippen molar-refractivity contribution in [3.8, 4) is 11.5 Å². The summed E-state index contributed by atoms with van der Waals surface area (Å²) in [6.07, 6.45) is 0.793. The third-order valence-corrected chi connectivity index (χ3v) is 4.80. The smallest absolute Gasteiger partial charge is 0.255 e. The van der Waals surface area contributed by atoms with Gasteiger partial charge in [0.1, 0.15) is 6.54 Å². The van der Waals surface area contributed by atoms with Crippen LogP contribution in [0.25, 0.3) is 0 Å². The number of carbonyl (C=O) groups is 1. The number of nitrogens with two attached hydrogens (primary N) is 3. The number of hydrogen-bond donors (Lipinski definition) is 3. The molecule has 0 aliphatic heterocycles. The Bertz CT molecular complexity index is 882. The lowest BCUT2D eigenvalue weighted by atomic mass is 10.1. The van der Waals surface area contributed by atoms with Crippen molar-refractivity contribution < 1.29 is 28.0 Å². The molecule has 9 heteroatoms. The highest BCUT2D eigenvalue weighted by molar-refractivity contribution is 7.89. The maximum absolute atomic E-state index is 11.2. The van der Waals surface area contributed by atoms with Crippen LogP contribution in [0.4, 0.5) is 0 Å². The predicted molar refractivity (Wildman–Crippen MR) is 99.7 cm³/mol. The number of benzene rings is 2. The zero-order chi connectivity index (χ0) is 19.9. The Kier molecular flexibility index (Phi) is 7.17. The van der Waals surface area contributed by atoms with Crippen LogP contribution in [-0.4, -0.2) is 34.6 Å². The fraction of sp³-hybridized carbons (Fsp3) is 0.278. The molecular weight excluding hydrogens is 370 g/mol. The molecule has 0 fully saturated rings. The molecule has 27 heavy (non-hydrogen) atoms. The van der Waals surface area contributed by atoms with Crippen molar-refractivity contribution in [3.05, 3.63) is 53.6 Å². The van der Waals surface area contributed by atoms with Gasteiger partial charge in [0.15, 0.2) is 18.1 Å². The molecule has 0 bridgehead atoms. The summed E-state index contributed by atoms with van der Waals surface area (Å²) in [5, 5.41) is 7.22. The van der Waals surface area contributed by atoms with E-state index >= 15 is 0 Å². The fourth-order valence-corrected chi connectivity index (χ4v) is 3.01. The Labute approximate surface area is 158 Å². The van der Waals surface area contributed by atoms with Crippen molar-refractivity contribution >= 4 is 15.9 Å². The molecule has 2 aromatic rings. The van der Waals surface area contributed by atoms with E-state index in [1.165, 1.54) is 19.2 Å². The lowest BCUT2D eigenvalue weighted by molar-refractivity contribution is -0.670. The number of hydrogen-bond acceptors (Lipinski definition) is 5. The van der Waals surface area contributed by atoms with Gasteiger partial charge in [-0.05, 0) is 35.9 Å². The van der Waals surface area contributed by atoms with Crippen LogP contribution in [0.3, 0.4) is 0 Å². The summed E-state index contributed by atoms with van der Waals surface area (Å²) in [6.45, 7) is 1.37. The third-order valence-electron chi connectivity index (χ3n) is 3.87. The quantitative estimate of drug-likeness (QED) is 0.467. The van der Waals surface area contributed by atoms with Crippen molar-refractivity contribution in [2.75, 3.05) is 20.3 Å². The van der Waals surface area contributed by atoms with Crippen LogP contribution in [0.5, 0.6) is 11.5 Å². The molecule has 0 spiro atoms. The van der Waals surface area contributed by atoms with Crippen LogP contribution >= 0.6 is 0 Å². The van der Waals surface area contributed by atoms with E-state index < -0.39 is 15.9 Å². The van der Waals surface area contributed by atoms with Crippen LogP contribution in [0.2, 0.25) is 0 Å². The molecule has 0 atom stereocenters. The highest BCUT2D eigenvalue weighted by atomic mass is 32.2. The van der Waals surface area contributed by atoms with E-state index in [9.17, 15) is 13.2 Å². The topological polar surface area (TPSA) is 138 Å². The number of carbonyl (C=O) groups excluding carboxylic acids is 1. The SMILES string of the molecule is COc1cc(C[NH2+]CCc2ccc(S(N)(=O)=O)cc2)ccc1OCC(N)=O. The predicted octanol–water partition coefficient (Wildman–Crippen LogP) is -0.487. The second-order valence-corrected chi connectivity index (χ2v) is 7.52. The molecule has 0 unspecified atom stereocenters. The van der Waals surface area contributed by atoms with Gasteiger partial charge in [-0.1, -0.05) is 12.1 Å². The molecule has 146 valence electrons. The van der Waals surface area contributed by atoms with Crippen molar-refractivity contribution in [1.29, 1.82) is 0 Å². The molecule has 6 N–H and O–H groups in total. The summed E-state index contributed by atoms with van der Waals surface area (Å²) in [5.41, 5.74) is 7.15. The number of quaternary nitrogens is 1. The molecule has 0 aliphatic rings. The average molecular weight is 394 g/mol. The second kappa shape index (κ2) is 9.36. The first-order valence-electron chi connectivity index (χ1n) is 8.31. The molecule has 0 saturated carbocycles. The van der Waals surface area contributed by atoms with Gasteiger partial charge in [0.2, 0.25) is 10.0 Å². The van der Waals surface area contributed by atoms with E-state index in [0.717, 1.165) is 30.6 Å². The van der Waals surface area contributed by atoms with Crippen LogP contribution in [0.1, 0.15) is 11.1 Å². The van der Waals surface area contributed by atoms with Gasteiger partial charge < -0.3 is 20.5 Å². The van der Waals surface area contributed by atoms with Gasteiger partial charge in [0.05, 0.1) is 18.6 Å². The molecule has 0 aliphatic carbocycles.